The van der Waals surface area contributed by atoms with Crippen LogP contribution in [-0.2, 0) is 6.42 Å². The number of nitrogens with zero attached hydrogens (tertiary/aromatic N) is 1. The van der Waals surface area contributed by atoms with Crippen LogP contribution in [0.1, 0.15) is 35.2 Å². The molecular weight excluding hydrogens is 249 g/mol. The van der Waals surface area contributed by atoms with Gasteiger partial charge in [-0.05, 0) is 31.0 Å². The SMILES string of the molecule is CCCc1nc(-c2cc(F)ccc2C)oc1C(=O)O. The van der Waals surface area contributed by atoms with Crippen molar-refractivity contribution in [2.24, 2.45) is 0 Å². The van der Waals surface area contributed by atoms with E-state index in [4.69, 9.17) is 9.52 Å². The first kappa shape index (κ1) is 13.3. The molecule has 1 aromatic heterocycles. The molecule has 19 heavy (non-hydrogen) atoms. The first-order chi connectivity index (χ1) is 9.02. The maximum atomic E-state index is 13.3. The van der Waals surface area contributed by atoms with Gasteiger partial charge in [-0.3, -0.25) is 0 Å². The maximum Gasteiger partial charge on any atom is 0.373 e. The third-order valence-corrected chi connectivity index (χ3v) is 2.81. The van der Waals surface area contributed by atoms with Crippen LogP contribution in [0, 0.1) is 12.7 Å². The predicted molar refractivity (Wildman–Crippen MR) is 67.6 cm³/mol. The number of hydrogen-bond donors (Lipinski definition) is 1. The Labute approximate surface area is 109 Å². The number of carbonyl (C=O) groups is 1. The van der Waals surface area contributed by atoms with E-state index in [2.05, 4.69) is 4.98 Å². The lowest BCUT2D eigenvalue weighted by molar-refractivity contribution is 0.0661. The molecule has 0 fully saturated rings. The van der Waals surface area contributed by atoms with Crippen molar-refractivity contribution in [2.45, 2.75) is 26.7 Å². The summed E-state index contributed by atoms with van der Waals surface area (Å²) < 4.78 is 18.5. The Bertz CT molecular complexity index is 619. The monoisotopic (exact) mass is 263 g/mol. The summed E-state index contributed by atoms with van der Waals surface area (Å²) >= 11 is 0. The summed E-state index contributed by atoms with van der Waals surface area (Å²) in [5.41, 5.74) is 1.65. The van der Waals surface area contributed by atoms with E-state index >= 15 is 0 Å². The van der Waals surface area contributed by atoms with E-state index in [9.17, 15) is 9.18 Å². The number of halogens is 1. The summed E-state index contributed by atoms with van der Waals surface area (Å²) in [5, 5.41) is 9.07. The highest BCUT2D eigenvalue weighted by Gasteiger charge is 2.20. The number of hydrogen-bond acceptors (Lipinski definition) is 3. The molecule has 0 amide bonds. The van der Waals surface area contributed by atoms with Crippen molar-refractivity contribution in [2.75, 3.05) is 0 Å². The summed E-state index contributed by atoms with van der Waals surface area (Å²) in [6.45, 7) is 3.71. The average Bonchev–Trinajstić information content (AvgIpc) is 2.77. The smallest absolute Gasteiger partial charge is 0.373 e. The van der Waals surface area contributed by atoms with Crippen LogP contribution in [0.25, 0.3) is 11.5 Å². The summed E-state index contributed by atoms with van der Waals surface area (Å²) in [7, 11) is 0. The number of aryl methyl sites for hydroxylation is 2. The number of aromatic nitrogens is 1. The highest BCUT2D eigenvalue weighted by Crippen LogP contribution is 2.26. The topological polar surface area (TPSA) is 63.3 Å². The molecule has 2 aromatic rings. The van der Waals surface area contributed by atoms with Crippen LogP contribution < -0.4 is 0 Å². The second-order valence-corrected chi connectivity index (χ2v) is 4.31. The molecule has 0 aliphatic heterocycles. The largest absolute Gasteiger partial charge is 0.475 e. The molecule has 2 rings (SSSR count). The zero-order valence-electron chi connectivity index (χ0n) is 10.7. The van der Waals surface area contributed by atoms with Gasteiger partial charge in [0.15, 0.2) is 0 Å². The van der Waals surface area contributed by atoms with Crippen LogP contribution in [0.2, 0.25) is 0 Å². The minimum absolute atomic E-state index is 0.151. The predicted octanol–water partition coefficient (Wildman–Crippen LogP) is 3.44. The third-order valence-electron chi connectivity index (χ3n) is 2.81. The fourth-order valence-electron chi connectivity index (χ4n) is 1.86. The molecule has 100 valence electrons. The molecule has 0 aliphatic carbocycles. The van der Waals surface area contributed by atoms with Gasteiger partial charge in [0.05, 0.1) is 5.69 Å². The summed E-state index contributed by atoms with van der Waals surface area (Å²) in [5.74, 6) is -1.58. The van der Waals surface area contributed by atoms with Gasteiger partial charge in [-0.25, -0.2) is 14.2 Å². The van der Waals surface area contributed by atoms with E-state index in [1.54, 1.807) is 13.0 Å². The Balaban J connectivity index is 2.53. The van der Waals surface area contributed by atoms with Gasteiger partial charge in [-0.1, -0.05) is 19.4 Å². The van der Waals surface area contributed by atoms with E-state index in [-0.39, 0.29) is 11.7 Å². The summed E-state index contributed by atoms with van der Waals surface area (Å²) in [6.07, 6.45) is 1.27. The molecular formula is C14H14FNO3. The van der Waals surface area contributed by atoms with Crippen molar-refractivity contribution in [3.8, 4) is 11.5 Å². The third kappa shape index (κ3) is 2.65. The zero-order valence-corrected chi connectivity index (χ0v) is 10.7. The number of carboxylic acids is 1. The maximum absolute atomic E-state index is 13.3. The minimum atomic E-state index is -1.16. The molecule has 0 bridgehead atoms. The van der Waals surface area contributed by atoms with Crippen LogP contribution in [0.15, 0.2) is 22.6 Å². The molecule has 0 spiro atoms. The van der Waals surface area contributed by atoms with E-state index < -0.39 is 11.8 Å². The molecule has 0 saturated heterocycles. The molecule has 4 nitrogen and oxygen atoms in total. The molecule has 0 aliphatic rings. The van der Waals surface area contributed by atoms with Crippen molar-refractivity contribution >= 4 is 5.97 Å². The molecule has 1 aromatic carbocycles. The summed E-state index contributed by atoms with van der Waals surface area (Å²) in [4.78, 5) is 15.3. The van der Waals surface area contributed by atoms with Crippen molar-refractivity contribution in [3.05, 3.63) is 41.0 Å². The standard InChI is InChI=1S/C14H14FNO3/c1-3-4-11-12(14(17)18)19-13(16-11)10-7-9(15)6-5-8(10)2/h5-7H,3-4H2,1-2H3,(H,17,18). The Morgan fingerprint density at radius 1 is 1.47 bits per heavy atom. The number of benzene rings is 1. The van der Waals surface area contributed by atoms with Gasteiger partial charge in [-0.15, -0.1) is 0 Å². The van der Waals surface area contributed by atoms with Crippen molar-refractivity contribution in [3.63, 3.8) is 0 Å². The quantitative estimate of drug-likeness (QED) is 0.917. The second-order valence-electron chi connectivity index (χ2n) is 4.31. The lowest BCUT2D eigenvalue weighted by Gasteiger charge is -2.00. The van der Waals surface area contributed by atoms with Crippen LogP contribution in [0.4, 0.5) is 4.39 Å². The van der Waals surface area contributed by atoms with Gasteiger partial charge in [0.25, 0.3) is 0 Å². The number of oxazole rings is 1. The average molecular weight is 263 g/mol. The lowest BCUT2D eigenvalue weighted by atomic mass is 10.1. The van der Waals surface area contributed by atoms with Crippen LogP contribution in [0.3, 0.4) is 0 Å². The van der Waals surface area contributed by atoms with Gasteiger partial charge in [0.1, 0.15) is 5.82 Å². The molecule has 0 unspecified atom stereocenters. The molecule has 0 saturated carbocycles. The fraction of sp³-hybridized carbons (Fsp3) is 0.286. The van der Waals surface area contributed by atoms with Gasteiger partial charge in [-0.2, -0.15) is 0 Å². The van der Waals surface area contributed by atoms with Crippen LogP contribution >= 0.6 is 0 Å². The minimum Gasteiger partial charge on any atom is -0.475 e. The van der Waals surface area contributed by atoms with Gasteiger partial charge in [0, 0.05) is 5.56 Å². The van der Waals surface area contributed by atoms with Crippen molar-refractivity contribution in [1.29, 1.82) is 0 Å². The highest BCUT2D eigenvalue weighted by molar-refractivity contribution is 5.86. The Hall–Kier alpha value is -2.17. The van der Waals surface area contributed by atoms with Crippen LogP contribution in [0.5, 0.6) is 0 Å². The molecule has 1 heterocycles. The zero-order chi connectivity index (χ0) is 14.0. The van der Waals surface area contributed by atoms with E-state index in [1.807, 2.05) is 6.92 Å². The fourth-order valence-corrected chi connectivity index (χ4v) is 1.86. The second kappa shape index (κ2) is 5.22. The normalized spacial score (nSPS) is 10.7. The first-order valence-corrected chi connectivity index (χ1v) is 6.02. The highest BCUT2D eigenvalue weighted by atomic mass is 19.1. The Morgan fingerprint density at radius 2 is 2.21 bits per heavy atom. The summed E-state index contributed by atoms with van der Waals surface area (Å²) in [6, 6.07) is 4.24. The number of aromatic carboxylic acids is 1. The van der Waals surface area contributed by atoms with E-state index in [0.29, 0.717) is 17.7 Å². The van der Waals surface area contributed by atoms with Gasteiger partial charge >= 0.3 is 5.97 Å². The van der Waals surface area contributed by atoms with E-state index in [1.165, 1.54) is 12.1 Å². The molecule has 0 radical (unpaired) electrons. The first-order valence-electron chi connectivity index (χ1n) is 6.02. The molecule has 1 N–H and O–H groups in total. The number of carboxylic acid groups (broad SMARTS) is 1. The van der Waals surface area contributed by atoms with Crippen molar-refractivity contribution in [1.82, 2.24) is 4.98 Å². The molecule has 0 atom stereocenters. The van der Waals surface area contributed by atoms with Crippen molar-refractivity contribution < 1.29 is 18.7 Å². The van der Waals surface area contributed by atoms with Gasteiger partial charge < -0.3 is 9.52 Å². The Morgan fingerprint density at radius 3 is 2.84 bits per heavy atom. The molecule has 5 heteroatoms. The lowest BCUT2D eigenvalue weighted by Crippen LogP contribution is -1.99. The van der Waals surface area contributed by atoms with Gasteiger partial charge in [0.2, 0.25) is 11.7 Å². The van der Waals surface area contributed by atoms with Crippen LogP contribution in [-0.4, -0.2) is 16.1 Å². The Kier molecular flexibility index (Phi) is 3.64. The number of rotatable bonds is 4. The van der Waals surface area contributed by atoms with E-state index in [0.717, 1.165) is 12.0 Å².